The van der Waals surface area contributed by atoms with Crippen LogP contribution in [0.25, 0.3) is 10.9 Å². The Kier molecular flexibility index (Phi) is 23.1. The van der Waals surface area contributed by atoms with Crippen LogP contribution >= 0.6 is 0 Å². The number of hydrogen-bond donors (Lipinski definition) is 12. The Morgan fingerprint density at radius 2 is 1.29 bits per heavy atom. The normalized spacial score (nSPS) is 12.6. The molecule has 4 aromatic rings. The van der Waals surface area contributed by atoms with E-state index in [1.165, 1.54) is 6.92 Å². The van der Waals surface area contributed by atoms with Gasteiger partial charge < -0.3 is 69.2 Å². The van der Waals surface area contributed by atoms with Gasteiger partial charge in [-0.25, -0.2) is 19.7 Å². The van der Waals surface area contributed by atoms with Gasteiger partial charge in [0.2, 0.25) is 41.4 Å². The van der Waals surface area contributed by atoms with Crippen LogP contribution in [-0.2, 0) is 67.3 Å². The molecule has 406 valence electrons. The van der Waals surface area contributed by atoms with Gasteiger partial charge in [-0.1, -0.05) is 78.9 Å². The third kappa shape index (κ3) is 19.8. The second-order valence-corrected chi connectivity index (χ2v) is 16.9. The number of aliphatic carboxylic acids is 1. The minimum atomic E-state index is -2.05. The predicted octanol–water partition coefficient (Wildman–Crippen LogP) is -2.14. The molecule has 0 unspecified atom stereocenters. The molecular formula is C48H60N14O14. The van der Waals surface area contributed by atoms with Gasteiger partial charge in [-0.2, -0.15) is 0 Å². The number of guanidine groups is 1. The number of ether oxygens (including phenoxy) is 1. The number of nitro groups is 1. The Bertz CT molecular complexity index is 2740. The summed E-state index contributed by atoms with van der Waals surface area (Å²) in [5.74, 6) is -9.91. The second-order valence-electron chi connectivity index (χ2n) is 16.9. The summed E-state index contributed by atoms with van der Waals surface area (Å²) < 4.78 is 5.38. The first-order valence-electron chi connectivity index (χ1n) is 23.5. The molecule has 0 saturated carbocycles. The van der Waals surface area contributed by atoms with E-state index < -0.39 is 133 Å². The summed E-state index contributed by atoms with van der Waals surface area (Å²) in [7, 11) is 0. The van der Waals surface area contributed by atoms with E-state index in [0.717, 1.165) is 10.9 Å². The number of carboxylic acids is 1. The van der Waals surface area contributed by atoms with Gasteiger partial charge in [0, 0.05) is 42.9 Å². The molecule has 0 saturated heterocycles. The number of nitrogens with two attached hydrogens (primary N) is 3. The van der Waals surface area contributed by atoms with Gasteiger partial charge in [0.1, 0.15) is 30.8 Å². The third-order valence-corrected chi connectivity index (χ3v) is 11.1. The number of carbonyl (C=O) groups is 10. The molecule has 15 N–H and O–H groups in total. The zero-order valence-corrected chi connectivity index (χ0v) is 41.2. The van der Waals surface area contributed by atoms with Crippen molar-refractivity contribution < 1.29 is 62.8 Å². The van der Waals surface area contributed by atoms with E-state index in [2.05, 4.69) is 47.2 Å². The maximum Gasteiger partial charge on any atom is 0.408 e. The van der Waals surface area contributed by atoms with Crippen molar-refractivity contribution in [2.24, 2.45) is 22.2 Å². The molecule has 0 bridgehead atoms. The summed E-state index contributed by atoms with van der Waals surface area (Å²) in [6.07, 6.45) is -1.01. The molecular weight excluding hydrogens is 997 g/mol. The quantitative estimate of drug-likeness (QED) is 0.00872. The summed E-state index contributed by atoms with van der Waals surface area (Å²) in [6, 6.07) is 17.2. The zero-order chi connectivity index (χ0) is 55.7. The van der Waals surface area contributed by atoms with Gasteiger partial charge in [-0.15, -0.1) is 0 Å². The van der Waals surface area contributed by atoms with Gasteiger partial charge in [-0.05, 0) is 54.0 Å². The van der Waals surface area contributed by atoms with E-state index in [9.17, 15) is 63.2 Å². The topological polar surface area (TPSA) is 437 Å². The summed E-state index contributed by atoms with van der Waals surface area (Å²) in [5.41, 5.74) is 18.5. The molecule has 9 amide bonds. The molecule has 76 heavy (non-hydrogen) atoms. The van der Waals surface area contributed by atoms with E-state index in [4.69, 9.17) is 21.9 Å². The summed E-state index contributed by atoms with van der Waals surface area (Å²) in [6.45, 7) is -1.23. The lowest BCUT2D eigenvalue weighted by Gasteiger charge is -2.24. The van der Waals surface area contributed by atoms with Crippen molar-refractivity contribution in [2.75, 3.05) is 26.2 Å². The van der Waals surface area contributed by atoms with Crippen molar-refractivity contribution in [3.8, 4) is 0 Å². The predicted molar refractivity (Wildman–Crippen MR) is 270 cm³/mol. The number of aromatic nitrogens is 1. The molecule has 28 heteroatoms. The number of fused-ring (bicyclic) bond motifs is 1. The van der Waals surface area contributed by atoms with Crippen molar-refractivity contribution >= 4 is 76.2 Å². The van der Waals surface area contributed by atoms with Gasteiger partial charge in [-0.3, -0.25) is 43.3 Å². The van der Waals surface area contributed by atoms with Gasteiger partial charge >= 0.3 is 18.0 Å². The fourth-order valence-electron chi connectivity index (χ4n) is 7.32. The molecule has 3 aromatic carbocycles. The monoisotopic (exact) mass is 1060 g/mol. The van der Waals surface area contributed by atoms with Crippen LogP contribution in [0.5, 0.6) is 0 Å². The lowest BCUT2D eigenvalue weighted by molar-refractivity contribution is -0.640. The van der Waals surface area contributed by atoms with Crippen LogP contribution in [0.2, 0.25) is 0 Å². The van der Waals surface area contributed by atoms with Crippen molar-refractivity contribution in [3.05, 3.63) is 118 Å². The SMILES string of the molecule is C[C@H](NC(=O)CNC(=O)[C@H](Cc1c[nH]c2ccccc12)NC(=O)[C@H](Cc1ccccc1)NC(=O)OCc1ccccc1)C(=O)NCC(=O)NCC(=O)N[C@@H](CCC(N)=O)C(=O)N([C@@H](CCCN=C(N)N)C(=O)O)[N+](=O)[O-]. The van der Waals surface area contributed by atoms with Crippen molar-refractivity contribution in [3.63, 3.8) is 0 Å². The second kappa shape index (κ2) is 29.8. The molecule has 1 aromatic heterocycles. The highest BCUT2D eigenvalue weighted by Gasteiger charge is 2.42. The molecule has 0 aliphatic carbocycles. The number of nitrogens with one attached hydrogen (secondary N) is 8. The van der Waals surface area contributed by atoms with E-state index in [0.29, 0.717) is 16.7 Å². The number of primary amides is 1. The van der Waals surface area contributed by atoms with Crippen molar-refractivity contribution in [2.45, 2.75) is 82.3 Å². The van der Waals surface area contributed by atoms with Crippen molar-refractivity contribution in [1.82, 2.24) is 47.2 Å². The highest BCUT2D eigenvalue weighted by atomic mass is 16.7. The number of aromatic amines is 1. The van der Waals surface area contributed by atoms with Crippen LogP contribution in [0.3, 0.4) is 0 Å². The maximum absolute atomic E-state index is 14.0. The van der Waals surface area contributed by atoms with E-state index in [-0.39, 0.29) is 43.4 Å². The number of hydrogen-bond acceptors (Lipinski definition) is 14. The van der Waals surface area contributed by atoms with Crippen LogP contribution < -0.4 is 54.4 Å². The Balaban J connectivity index is 1.33. The number of aliphatic imine (C=N–C) groups is 1. The number of carboxylic acid groups (broad SMARTS) is 1. The Labute approximate surface area is 433 Å². The Morgan fingerprint density at radius 3 is 1.93 bits per heavy atom. The lowest BCUT2D eigenvalue weighted by Crippen LogP contribution is -2.57. The molecule has 0 aliphatic heterocycles. The molecule has 0 fully saturated rings. The molecule has 0 spiro atoms. The molecule has 1 heterocycles. The largest absolute Gasteiger partial charge is 0.480 e. The first-order valence-corrected chi connectivity index (χ1v) is 23.5. The molecule has 0 radical (unpaired) electrons. The summed E-state index contributed by atoms with van der Waals surface area (Å²) in [5, 5.41) is 37.6. The van der Waals surface area contributed by atoms with Crippen molar-refractivity contribution in [1.29, 1.82) is 0 Å². The molecule has 4 rings (SSSR count). The van der Waals surface area contributed by atoms with Crippen LogP contribution in [-0.4, -0.2) is 142 Å². The van der Waals surface area contributed by atoms with E-state index in [1.54, 1.807) is 72.9 Å². The highest BCUT2D eigenvalue weighted by Crippen LogP contribution is 2.20. The third-order valence-electron chi connectivity index (χ3n) is 11.1. The summed E-state index contributed by atoms with van der Waals surface area (Å²) >= 11 is 0. The number of nitrogens with zero attached hydrogens (tertiary/aromatic N) is 3. The number of rotatable bonds is 30. The van der Waals surface area contributed by atoms with Gasteiger partial charge in [0.15, 0.2) is 17.0 Å². The minimum absolute atomic E-state index is 0.0204. The summed E-state index contributed by atoms with van der Waals surface area (Å²) in [4.78, 5) is 148. The van der Waals surface area contributed by atoms with Crippen LogP contribution in [0.15, 0.2) is 96.1 Å². The standard InChI is InChI=1S/C48H60N14O14/c1-28(42(67)55-24-39(64)54-25-41(66)58-34(18-19-38(49)63)45(70)61(62(74)75)37(46(71)72)17-10-20-52-47(50)51)57-40(65)26-56-43(68)36(22-31-23-53-33-16-9-8-15-32(31)33)59-44(69)35(21-29-11-4-2-5-12-29)60-48(73)76-27-30-13-6-3-7-14-30/h2-9,11-16,23,28,34-37,53H,10,17-22,24-27H2,1H3,(H2,49,63)(H,54,64)(H,55,67)(H,56,68)(H,57,65)(H,58,66)(H,59,69)(H,60,73)(H,71,72)(H4,50,51,52)/t28-,34-,35-,36-,37-/m0/s1. The van der Waals surface area contributed by atoms with Gasteiger partial charge in [0.05, 0.1) is 19.6 Å². The number of carbonyl (C=O) groups excluding carboxylic acids is 9. The Morgan fingerprint density at radius 1 is 0.697 bits per heavy atom. The fraction of sp³-hybridized carbons (Fsp3) is 0.354. The lowest BCUT2D eigenvalue weighted by atomic mass is 10.0. The van der Waals surface area contributed by atoms with Crippen LogP contribution in [0, 0.1) is 10.1 Å². The van der Waals surface area contributed by atoms with E-state index in [1.807, 2.05) is 18.2 Å². The first-order chi connectivity index (χ1) is 36.2. The van der Waals surface area contributed by atoms with E-state index >= 15 is 0 Å². The number of alkyl carbamates (subject to hydrolysis) is 1. The average Bonchev–Trinajstić information content (AvgIpc) is 3.80. The average molecular weight is 1060 g/mol. The fourth-order valence-corrected chi connectivity index (χ4v) is 7.32. The molecule has 5 atom stereocenters. The zero-order valence-electron chi connectivity index (χ0n) is 41.2. The Hall–Kier alpha value is -9.63. The molecule has 28 nitrogen and oxygen atoms in total. The smallest absolute Gasteiger partial charge is 0.408 e. The van der Waals surface area contributed by atoms with Crippen LogP contribution in [0.4, 0.5) is 4.79 Å². The highest BCUT2D eigenvalue weighted by molar-refractivity contribution is 5.96. The number of hydrazine groups is 1. The number of para-hydroxylation sites is 1. The molecule has 0 aliphatic rings. The minimum Gasteiger partial charge on any atom is -0.480 e. The first kappa shape index (κ1) is 58.9. The number of H-pyrrole nitrogens is 1. The number of benzene rings is 3. The maximum atomic E-state index is 14.0. The van der Waals surface area contributed by atoms with Crippen LogP contribution in [0.1, 0.15) is 49.3 Å². The van der Waals surface area contributed by atoms with Gasteiger partial charge in [0.25, 0.3) is 0 Å². The number of amides is 9.